The Balaban J connectivity index is 1.50. The zero-order chi connectivity index (χ0) is 28.9. The Labute approximate surface area is 225 Å². The molecule has 0 amide bonds. The molecule has 4 heterocycles. The number of aliphatic carboxylic acids is 1. The number of oxime groups is 1. The van der Waals surface area contributed by atoms with Crippen molar-refractivity contribution in [1.82, 2.24) is 9.55 Å². The molecule has 6 N–H and O–H groups in total. The van der Waals surface area contributed by atoms with Crippen molar-refractivity contribution in [3.63, 3.8) is 0 Å². The maximum Gasteiger partial charge on any atom is 0.346 e. The minimum atomic E-state index is -2.01. The Morgan fingerprint density at radius 3 is 2.60 bits per heavy atom. The number of ether oxygens (including phenoxy) is 2. The van der Waals surface area contributed by atoms with Gasteiger partial charge in [-0.15, -0.1) is 0 Å². The SMILES string of the molecule is CO/N=C1\CN(c2nc3c(cc2F)c(=O)c(C(=O)OC2OC(C(=O)O)C(O)C(O)C2O)cn3C2CC2)CC1CN. The van der Waals surface area contributed by atoms with Crippen LogP contribution in [0.4, 0.5) is 10.2 Å². The molecule has 0 aromatic carbocycles. The highest BCUT2D eigenvalue weighted by molar-refractivity contribution is 5.95. The summed E-state index contributed by atoms with van der Waals surface area (Å²) >= 11 is 0. The highest BCUT2D eigenvalue weighted by Crippen LogP contribution is 2.37. The van der Waals surface area contributed by atoms with Crippen molar-refractivity contribution >= 4 is 34.5 Å². The first-order chi connectivity index (χ1) is 19.0. The van der Waals surface area contributed by atoms with Gasteiger partial charge in [-0.1, -0.05) is 5.16 Å². The predicted octanol–water partition coefficient (Wildman–Crippen LogP) is -1.68. The van der Waals surface area contributed by atoms with E-state index in [2.05, 4.69) is 10.1 Å². The molecule has 2 aromatic heterocycles. The number of nitrogens with two attached hydrogens (primary N) is 1. The Hall–Kier alpha value is -3.70. The van der Waals surface area contributed by atoms with Crippen molar-refractivity contribution in [2.75, 3.05) is 31.6 Å². The van der Waals surface area contributed by atoms with Crippen LogP contribution in [0.5, 0.6) is 0 Å². The molecule has 2 aromatic rings. The molecule has 6 atom stereocenters. The summed E-state index contributed by atoms with van der Waals surface area (Å²) in [5.74, 6) is -4.01. The monoisotopic (exact) mass is 565 g/mol. The van der Waals surface area contributed by atoms with E-state index in [4.69, 9.17) is 20.0 Å². The number of pyridine rings is 2. The van der Waals surface area contributed by atoms with Gasteiger partial charge in [-0.05, 0) is 18.9 Å². The van der Waals surface area contributed by atoms with Crippen LogP contribution >= 0.6 is 0 Å². The van der Waals surface area contributed by atoms with Crippen LogP contribution in [0.15, 0.2) is 22.2 Å². The highest BCUT2D eigenvalue weighted by Gasteiger charge is 2.49. The third kappa shape index (κ3) is 4.88. The van der Waals surface area contributed by atoms with E-state index < -0.39 is 59.5 Å². The van der Waals surface area contributed by atoms with Crippen LogP contribution in [0.3, 0.4) is 0 Å². The molecule has 3 aliphatic rings. The van der Waals surface area contributed by atoms with Crippen LogP contribution in [0.1, 0.15) is 29.2 Å². The van der Waals surface area contributed by atoms with E-state index in [1.165, 1.54) is 13.3 Å². The molecule has 15 nitrogen and oxygen atoms in total. The van der Waals surface area contributed by atoms with Crippen LogP contribution in [0, 0.1) is 11.7 Å². The fourth-order valence-electron chi connectivity index (χ4n) is 4.91. The summed E-state index contributed by atoms with van der Waals surface area (Å²) in [6, 6.07) is 0.844. The first-order valence-corrected chi connectivity index (χ1v) is 12.5. The summed E-state index contributed by atoms with van der Waals surface area (Å²) in [5.41, 5.74) is 5.13. The van der Waals surface area contributed by atoms with E-state index in [0.717, 1.165) is 6.07 Å². The molecule has 1 aliphatic carbocycles. The second-order valence-electron chi connectivity index (χ2n) is 9.89. The Morgan fingerprint density at radius 1 is 1.25 bits per heavy atom. The second-order valence-corrected chi connectivity index (χ2v) is 9.89. The van der Waals surface area contributed by atoms with Gasteiger partial charge in [0.05, 0.1) is 17.6 Å². The molecule has 2 aliphatic heterocycles. The van der Waals surface area contributed by atoms with Gasteiger partial charge in [0.2, 0.25) is 11.7 Å². The number of fused-ring (bicyclic) bond motifs is 1. The minimum Gasteiger partial charge on any atom is -0.479 e. The van der Waals surface area contributed by atoms with Crippen LogP contribution in [0.25, 0.3) is 11.0 Å². The van der Waals surface area contributed by atoms with Crippen molar-refractivity contribution < 1.29 is 48.7 Å². The largest absolute Gasteiger partial charge is 0.479 e. The van der Waals surface area contributed by atoms with E-state index in [1.807, 2.05) is 0 Å². The smallest absolute Gasteiger partial charge is 0.346 e. The fraction of sp³-hybridized carbons (Fsp3) is 0.542. The number of carbonyl (C=O) groups excluding carboxylic acids is 1. The van der Waals surface area contributed by atoms with Gasteiger partial charge in [0, 0.05) is 31.2 Å². The van der Waals surface area contributed by atoms with Gasteiger partial charge in [-0.25, -0.2) is 19.0 Å². The number of hydrogen-bond donors (Lipinski definition) is 5. The van der Waals surface area contributed by atoms with Gasteiger partial charge in [0.1, 0.15) is 36.6 Å². The van der Waals surface area contributed by atoms with Crippen molar-refractivity contribution in [3.05, 3.63) is 33.9 Å². The van der Waals surface area contributed by atoms with Gasteiger partial charge in [-0.3, -0.25) is 4.79 Å². The number of anilines is 1. The molecule has 0 bridgehead atoms. The summed E-state index contributed by atoms with van der Waals surface area (Å²) in [6.45, 7) is 0.799. The van der Waals surface area contributed by atoms with E-state index >= 15 is 4.39 Å². The normalized spacial score (nSPS) is 29.6. The number of aromatic nitrogens is 2. The minimum absolute atomic E-state index is 0.0256. The van der Waals surface area contributed by atoms with Gasteiger partial charge in [-0.2, -0.15) is 0 Å². The maximum atomic E-state index is 15.4. The molecule has 0 radical (unpaired) electrons. The molecule has 0 spiro atoms. The first-order valence-electron chi connectivity index (χ1n) is 12.5. The predicted molar refractivity (Wildman–Crippen MR) is 133 cm³/mol. The van der Waals surface area contributed by atoms with Crippen molar-refractivity contribution in [1.29, 1.82) is 0 Å². The standard InChI is InChI=1S/C24H28FN5O10/c1-38-28-14-8-29(6-9(14)5-26)21-13(25)4-11-15(31)12(7-30(10-2-3-10)20(11)27-21)23(37)40-24-18(34)16(32)17(33)19(39-24)22(35)36/h4,7,9-10,16-19,24,32-34H,2-3,5-6,8,26H2,1H3,(H,35,36)/b28-14+. The number of halogens is 1. The van der Waals surface area contributed by atoms with Crippen LogP contribution in [-0.4, -0.2) is 105 Å². The molecular formula is C24H28FN5O10. The van der Waals surface area contributed by atoms with Gasteiger partial charge < -0.3 is 49.9 Å². The topological polar surface area (TPSA) is 219 Å². The van der Waals surface area contributed by atoms with E-state index in [-0.39, 0.29) is 41.9 Å². The summed E-state index contributed by atoms with van der Waals surface area (Å²) in [6.07, 6.45) is -7.41. The van der Waals surface area contributed by atoms with Gasteiger partial charge >= 0.3 is 11.9 Å². The van der Waals surface area contributed by atoms with Crippen LogP contribution in [-0.2, 0) is 19.1 Å². The van der Waals surface area contributed by atoms with Gasteiger partial charge in [0.15, 0.2) is 17.7 Å². The van der Waals surface area contributed by atoms with Crippen LogP contribution in [0.2, 0.25) is 0 Å². The number of hydrogen-bond acceptors (Lipinski definition) is 13. The summed E-state index contributed by atoms with van der Waals surface area (Å²) in [4.78, 5) is 48.7. The van der Waals surface area contributed by atoms with E-state index in [1.54, 1.807) is 9.47 Å². The van der Waals surface area contributed by atoms with E-state index in [9.17, 15) is 34.8 Å². The number of carboxylic acids is 1. The number of aliphatic hydroxyl groups excluding tert-OH is 3. The quantitative estimate of drug-likeness (QED) is 0.187. The molecule has 216 valence electrons. The average Bonchev–Trinajstić information content (AvgIpc) is 3.69. The Bertz CT molecular complexity index is 1430. The number of carbonyl (C=O) groups is 2. The Morgan fingerprint density at radius 2 is 1.98 bits per heavy atom. The summed E-state index contributed by atoms with van der Waals surface area (Å²) < 4.78 is 27.0. The average molecular weight is 566 g/mol. The first kappa shape index (κ1) is 27.9. The molecule has 5 rings (SSSR count). The highest BCUT2D eigenvalue weighted by atomic mass is 19.1. The zero-order valence-corrected chi connectivity index (χ0v) is 21.2. The molecular weight excluding hydrogens is 537 g/mol. The lowest BCUT2D eigenvalue weighted by atomic mass is 9.99. The Kier molecular flexibility index (Phi) is 7.45. The third-order valence-electron chi connectivity index (χ3n) is 7.19. The summed E-state index contributed by atoms with van der Waals surface area (Å²) in [7, 11) is 1.39. The van der Waals surface area contributed by atoms with Crippen molar-refractivity contribution in [2.45, 2.75) is 49.6 Å². The lowest BCUT2D eigenvalue weighted by molar-refractivity contribution is -0.278. The lowest BCUT2D eigenvalue weighted by Gasteiger charge is -2.37. The maximum absolute atomic E-state index is 15.4. The molecule has 3 fully saturated rings. The lowest BCUT2D eigenvalue weighted by Crippen LogP contribution is -2.60. The van der Waals surface area contributed by atoms with Crippen molar-refractivity contribution in [3.8, 4) is 0 Å². The number of nitrogens with zero attached hydrogens (tertiary/aromatic N) is 4. The molecule has 6 unspecified atom stereocenters. The third-order valence-corrected chi connectivity index (χ3v) is 7.19. The number of rotatable bonds is 7. The molecule has 2 saturated heterocycles. The zero-order valence-electron chi connectivity index (χ0n) is 21.2. The number of esters is 1. The van der Waals surface area contributed by atoms with E-state index in [0.29, 0.717) is 25.1 Å². The number of aliphatic hydroxyl groups is 3. The van der Waals surface area contributed by atoms with Gasteiger partial charge in [0.25, 0.3) is 0 Å². The molecule has 40 heavy (non-hydrogen) atoms. The molecule has 16 heteroatoms. The number of carboxylic acid groups (broad SMARTS) is 1. The fourth-order valence-corrected chi connectivity index (χ4v) is 4.91. The molecule has 1 saturated carbocycles. The second kappa shape index (κ2) is 10.7. The summed E-state index contributed by atoms with van der Waals surface area (Å²) in [5, 5.41) is 43.0. The van der Waals surface area contributed by atoms with Crippen molar-refractivity contribution in [2.24, 2.45) is 16.8 Å². The van der Waals surface area contributed by atoms with Crippen LogP contribution < -0.4 is 16.1 Å².